The van der Waals surface area contributed by atoms with Crippen molar-refractivity contribution in [3.63, 3.8) is 0 Å². The summed E-state index contributed by atoms with van der Waals surface area (Å²) >= 11 is 0. The highest BCUT2D eigenvalue weighted by Crippen LogP contribution is 2.20. The zero-order valence-electron chi connectivity index (χ0n) is 21.0. The number of sulfonamides is 1. The average Bonchev–Trinajstić information content (AvgIpc) is 2.78. The Bertz CT molecular complexity index is 1070. The molecule has 0 radical (unpaired) electrons. The number of nitrogens with zero attached hydrogens (tertiary/aromatic N) is 2. The Hall–Kier alpha value is -2.87. The number of rotatable bonds is 11. The van der Waals surface area contributed by atoms with Crippen molar-refractivity contribution in [1.29, 1.82) is 0 Å². The van der Waals surface area contributed by atoms with E-state index < -0.39 is 22.0 Å². The first-order valence-electron chi connectivity index (χ1n) is 11.7. The number of hydrogen-bond acceptors (Lipinski definition) is 4. The first-order valence-corrected chi connectivity index (χ1v) is 13.5. The highest BCUT2D eigenvalue weighted by molar-refractivity contribution is 7.92. The predicted octanol–water partition coefficient (Wildman–Crippen LogP) is 3.79. The van der Waals surface area contributed by atoms with Crippen molar-refractivity contribution in [2.75, 3.05) is 17.1 Å². The zero-order chi connectivity index (χ0) is 25.5. The van der Waals surface area contributed by atoms with Gasteiger partial charge in [0.1, 0.15) is 12.6 Å². The van der Waals surface area contributed by atoms with E-state index in [4.69, 9.17) is 0 Å². The Labute approximate surface area is 204 Å². The van der Waals surface area contributed by atoms with Gasteiger partial charge in [0.2, 0.25) is 21.8 Å². The summed E-state index contributed by atoms with van der Waals surface area (Å²) in [6.07, 6.45) is 2.25. The number of benzene rings is 2. The van der Waals surface area contributed by atoms with Crippen molar-refractivity contribution in [2.24, 2.45) is 0 Å². The smallest absolute Gasteiger partial charge is 0.244 e. The van der Waals surface area contributed by atoms with Crippen LogP contribution < -0.4 is 9.62 Å². The van der Waals surface area contributed by atoms with Crippen molar-refractivity contribution in [1.82, 2.24) is 10.2 Å². The molecular weight excluding hydrogens is 450 g/mol. The Balaban J connectivity index is 2.41. The van der Waals surface area contributed by atoms with Crippen LogP contribution in [0.15, 0.2) is 48.5 Å². The molecule has 8 heteroatoms. The normalized spacial score (nSPS) is 13.1. The minimum Gasteiger partial charge on any atom is -0.352 e. The van der Waals surface area contributed by atoms with Gasteiger partial charge in [-0.25, -0.2) is 8.42 Å². The fraction of sp³-hybridized carbons (Fsp3) is 0.462. The van der Waals surface area contributed by atoms with Crippen LogP contribution in [0.2, 0.25) is 0 Å². The molecule has 34 heavy (non-hydrogen) atoms. The van der Waals surface area contributed by atoms with Crippen molar-refractivity contribution in [3.8, 4) is 0 Å². The van der Waals surface area contributed by atoms with E-state index in [1.54, 1.807) is 24.3 Å². The largest absolute Gasteiger partial charge is 0.352 e. The van der Waals surface area contributed by atoms with Crippen LogP contribution in [0.3, 0.4) is 0 Å². The zero-order valence-corrected chi connectivity index (χ0v) is 21.9. The van der Waals surface area contributed by atoms with E-state index in [0.29, 0.717) is 12.1 Å². The minimum atomic E-state index is -3.73. The van der Waals surface area contributed by atoms with Gasteiger partial charge in [-0.1, -0.05) is 61.4 Å². The van der Waals surface area contributed by atoms with Gasteiger partial charge in [0, 0.05) is 12.6 Å². The van der Waals surface area contributed by atoms with Crippen LogP contribution >= 0.6 is 0 Å². The van der Waals surface area contributed by atoms with E-state index in [2.05, 4.69) is 5.32 Å². The molecule has 0 fully saturated rings. The van der Waals surface area contributed by atoms with Crippen LogP contribution in [0.4, 0.5) is 5.69 Å². The molecule has 0 aromatic heterocycles. The molecule has 0 saturated heterocycles. The van der Waals surface area contributed by atoms with E-state index >= 15 is 0 Å². The summed E-state index contributed by atoms with van der Waals surface area (Å²) in [5, 5.41) is 2.97. The maximum atomic E-state index is 13.6. The molecule has 0 unspecified atom stereocenters. The van der Waals surface area contributed by atoms with Crippen molar-refractivity contribution < 1.29 is 18.0 Å². The third kappa shape index (κ3) is 7.58. The Morgan fingerprint density at radius 1 is 0.912 bits per heavy atom. The molecule has 7 nitrogen and oxygen atoms in total. The molecule has 0 spiro atoms. The Morgan fingerprint density at radius 3 is 1.91 bits per heavy atom. The first kappa shape index (κ1) is 27.4. The van der Waals surface area contributed by atoms with E-state index in [1.165, 1.54) is 4.90 Å². The predicted molar refractivity (Wildman–Crippen MR) is 137 cm³/mol. The maximum absolute atomic E-state index is 13.6. The second kappa shape index (κ2) is 12.0. The number of carbonyl (C=O) groups is 2. The molecular formula is C26H37N3O4S. The van der Waals surface area contributed by atoms with Gasteiger partial charge in [-0.05, 0) is 51.3 Å². The third-order valence-corrected chi connectivity index (χ3v) is 7.00. The topological polar surface area (TPSA) is 86.8 Å². The summed E-state index contributed by atoms with van der Waals surface area (Å²) in [4.78, 5) is 28.2. The van der Waals surface area contributed by atoms with Gasteiger partial charge in [-0.3, -0.25) is 13.9 Å². The quantitative estimate of drug-likeness (QED) is 0.522. The summed E-state index contributed by atoms with van der Waals surface area (Å²) in [6, 6.07) is 14.0. The molecule has 0 aliphatic carbocycles. The van der Waals surface area contributed by atoms with Crippen LogP contribution in [-0.4, -0.2) is 50.0 Å². The molecule has 2 amide bonds. The lowest BCUT2D eigenvalue weighted by Gasteiger charge is -2.33. The second-order valence-corrected chi connectivity index (χ2v) is 10.8. The molecule has 0 aliphatic rings. The highest BCUT2D eigenvalue weighted by atomic mass is 32.2. The van der Waals surface area contributed by atoms with E-state index in [-0.39, 0.29) is 25.0 Å². The lowest BCUT2D eigenvalue weighted by Crippen LogP contribution is -2.53. The Morgan fingerprint density at radius 2 is 1.44 bits per heavy atom. The van der Waals surface area contributed by atoms with Crippen molar-refractivity contribution in [3.05, 3.63) is 65.2 Å². The molecule has 1 N–H and O–H groups in total. The van der Waals surface area contributed by atoms with E-state index in [9.17, 15) is 18.0 Å². The fourth-order valence-corrected chi connectivity index (χ4v) is 4.43. The number of anilines is 1. The van der Waals surface area contributed by atoms with Gasteiger partial charge in [-0.15, -0.1) is 0 Å². The summed E-state index contributed by atoms with van der Waals surface area (Å²) in [7, 11) is -3.73. The van der Waals surface area contributed by atoms with Crippen LogP contribution in [-0.2, 0) is 26.2 Å². The van der Waals surface area contributed by atoms with Crippen molar-refractivity contribution >= 4 is 27.5 Å². The monoisotopic (exact) mass is 487 g/mol. The minimum absolute atomic E-state index is 0.0297. The summed E-state index contributed by atoms with van der Waals surface area (Å²) in [5.74, 6) is -0.670. The molecule has 0 bridgehead atoms. The lowest BCUT2D eigenvalue weighted by molar-refractivity contribution is -0.140. The van der Waals surface area contributed by atoms with Gasteiger partial charge >= 0.3 is 0 Å². The third-order valence-electron chi connectivity index (χ3n) is 5.86. The highest BCUT2D eigenvalue weighted by Gasteiger charge is 2.32. The molecule has 2 atom stereocenters. The Kier molecular flexibility index (Phi) is 9.67. The SMILES string of the molecule is CC[C@H](C(=O)N[C@@H](C)CC)N(Cc1ccc(C)cc1)C(=O)CN(c1ccc(C)cc1)S(C)(=O)=O. The van der Waals surface area contributed by atoms with Crippen LogP contribution in [0.25, 0.3) is 0 Å². The van der Waals surface area contributed by atoms with E-state index in [1.807, 2.05) is 58.9 Å². The summed E-state index contributed by atoms with van der Waals surface area (Å²) in [5.41, 5.74) is 3.35. The average molecular weight is 488 g/mol. The van der Waals surface area contributed by atoms with Crippen LogP contribution in [0, 0.1) is 13.8 Å². The molecule has 0 aliphatic heterocycles. The summed E-state index contributed by atoms with van der Waals surface area (Å²) in [6.45, 7) is 9.45. The lowest BCUT2D eigenvalue weighted by atomic mass is 10.1. The van der Waals surface area contributed by atoms with E-state index in [0.717, 1.165) is 33.7 Å². The molecule has 0 saturated carbocycles. The first-order chi connectivity index (χ1) is 16.0. The van der Waals surface area contributed by atoms with Gasteiger partial charge in [-0.2, -0.15) is 0 Å². The molecule has 0 heterocycles. The number of aryl methyl sites for hydroxylation is 2. The van der Waals surface area contributed by atoms with Crippen molar-refractivity contribution in [2.45, 2.75) is 66.1 Å². The van der Waals surface area contributed by atoms with Gasteiger partial charge in [0.05, 0.1) is 11.9 Å². The molecule has 2 aromatic rings. The number of carbonyl (C=O) groups excluding carboxylic acids is 2. The van der Waals surface area contributed by atoms with Gasteiger partial charge in [0.25, 0.3) is 0 Å². The molecule has 2 aromatic carbocycles. The van der Waals surface area contributed by atoms with Crippen LogP contribution in [0.1, 0.15) is 50.3 Å². The second-order valence-electron chi connectivity index (χ2n) is 8.85. The molecule has 186 valence electrons. The summed E-state index contributed by atoms with van der Waals surface area (Å²) < 4.78 is 26.3. The number of hydrogen-bond donors (Lipinski definition) is 1. The fourth-order valence-electron chi connectivity index (χ4n) is 3.58. The molecule has 2 rings (SSSR count). The number of amides is 2. The maximum Gasteiger partial charge on any atom is 0.244 e. The standard InChI is InChI=1S/C26H37N3O4S/c1-7-21(5)27-26(31)24(8-2)28(17-22-13-9-19(3)10-14-22)25(30)18-29(34(6,32)33)23-15-11-20(4)12-16-23/h9-16,21,24H,7-8,17-18H2,1-6H3,(H,27,31)/t21-,24+/m0/s1. The van der Waals surface area contributed by atoms with Gasteiger partial charge in [0.15, 0.2) is 0 Å². The van der Waals surface area contributed by atoms with Gasteiger partial charge < -0.3 is 10.2 Å². The van der Waals surface area contributed by atoms with Crippen LogP contribution in [0.5, 0.6) is 0 Å². The number of nitrogens with one attached hydrogen (secondary N) is 1.